The lowest BCUT2D eigenvalue weighted by Gasteiger charge is -2.29. The second-order valence-corrected chi connectivity index (χ2v) is 7.33. The maximum atomic E-state index is 12.7. The highest BCUT2D eigenvalue weighted by Crippen LogP contribution is 2.32. The molecular formula is C15H24N2O4S. The fourth-order valence-corrected chi connectivity index (χ4v) is 4.38. The number of benzene rings is 1. The second kappa shape index (κ2) is 6.85. The number of rotatable bonds is 5. The van der Waals surface area contributed by atoms with Gasteiger partial charge < -0.3 is 15.2 Å². The van der Waals surface area contributed by atoms with E-state index in [9.17, 15) is 8.42 Å². The Labute approximate surface area is 132 Å². The van der Waals surface area contributed by atoms with Crippen LogP contribution in [0.5, 0.6) is 11.5 Å². The van der Waals surface area contributed by atoms with Crippen LogP contribution in [0.3, 0.4) is 0 Å². The molecule has 1 aromatic carbocycles. The van der Waals surface area contributed by atoms with Gasteiger partial charge in [-0.25, -0.2) is 13.1 Å². The minimum absolute atomic E-state index is 0.135. The van der Waals surface area contributed by atoms with Crippen LogP contribution >= 0.6 is 0 Å². The molecule has 7 heteroatoms. The Morgan fingerprint density at radius 2 is 1.73 bits per heavy atom. The average Bonchev–Trinajstić information content (AvgIpc) is 2.48. The minimum Gasteiger partial charge on any atom is -0.493 e. The second-order valence-electron chi connectivity index (χ2n) is 5.65. The molecule has 0 spiro atoms. The number of hydrogen-bond donors (Lipinski definition) is 2. The minimum atomic E-state index is -3.65. The van der Waals surface area contributed by atoms with Gasteiger partial charge in [0.15, 0.2) is 11.5 Å². The number of ether oxygens (including phenoxy) is 2. The van der Waals surface area contributed by atoms with Crippen molar-refractivity contribution < 1.29 is 17.9 Å². The van der Waals surface area contributed by atoms with Gasteiger partial charge in [-0.05, 0) is 31.4 Å². The molecule has 0 radical (unpaired) electrons. The zero-order chi connectivity index (χ0) is 16.3. The molecule has 0 amide bonds. The normalized spacial score (nSPS) is 22.4. The number of aryl methyl sites for hydroxylation is 1. The molecule has 3 N–H and O–H groups in total. The van der Waals surface area contributed by atoms with Crippen LogP contribution in [0.4, 0.5) is 0 Å². The third-order valence-electron chi connectivity index (χ3n) is 4.10. The first kappa shape index (κ1) is 17.1. The van der Waals surface area contributed by atoms with Crippen LogP contribution in [0, 0.1) is 6.92 Å². The Kier molecular flexibility index (Phi) is 5.31. The molecule has 2 rings (SSSR count). The van der Waals surface area contributed by atoms with Crippen LogP contribution in [0.15, 0.2) is 17.0 Å². The van der Waals surface area contributed by atoms with Crippen molar-refractivity contribution in [2.75, 3.05) is 14.2 Å². The van der Waals surface area contributed by atoms with Crippen LogP contribution in [0.25, 0.3) is 0 Å². The number of sulfonamides is 1. The van der Waals surface area contributed by atoms with E-state index in [1.165, 1.54) is 20.3 Å². The van der Waals surface area contributed by atoms with Crippen LogP contribution in [0.2, 0.25) is 0 Å². The Morgan fingerprint density at radius 3 is 2.32 bits per heavy atom. The molecule has 6 nitrogen and oxygen atoms in total. The summed E-state index contributed by atoms with van der Waals surface area (Å²) in [6.07, 6.45) is 3.66. The van der Waals surface area contributed by atoms with Crippen molar-refractivity contribution in [2.45, 2.75) is 49.6 Å². The summed E-state index contributed by atoms with van der Waals surface area (Å²) < 4.78 is 38.5. The van der Waals surface area contributed by atoms with Crippen molar-refractivity contribution in [1.82, 2.24) is 4.72 Å². The smallest absolute Gasteiger partial charge is 0.241 e. The van der Waals surface area contributed by atoms with Gasteiger partial charge in [-0.2, -0.15) is 0 Å². The molecule has 0 bridgehead atoms. The topological polar surface area (TPSA) is 90.7 Å². The van der Waals surface area contributed by atoms with Crippen molar-refractivity contribution in [1.29, 1.82) is 0 Å². The first-order valence-corrected chi connectivity index (χ1v) is 8.88. The van der Waals surface area contributed by atoms with Crippen molar-refractivity contribution in [3.8, 4) is 11.5 Å². The molecule has 0 heterocycles. The lowest BCUT2D eigenvalue weighted by molar-refractivity contribution is 0.352. The maximum Gasteiger partial charge on any atom is 0.241 e. The Bertz CT molecular complexity index is 631. The molecule has 22 heavy (non-hydrogen) atoms. The maximum absolute atomic E-state index is 12.7. The van der Waals surface area contributed by atoms with E-state index in [2.05, 4.69) is 4.72 Å². The fourth-order valence-electron chi connectivity index (χ4n) is 2.82. The summed E-state index contributed by atoms with van der Waals surface area (Å²) >= 11 is 0. The monoisotopic (exact) mass is 328 g/mol. The highest BCUT2D eigenvalue weighted by atomic mass is 32.2. The highest BCUT2D eigenvalue weighted by Gasteiger charge is 2.28. The molecule has 124 valence electrons. The van der Waals surface area contributed by atoms with Crippen LogP contribution in [-0.2, 0) is 10.0 Å². The summed E-state index contributed by atoms with van der Waals surface area (Å²) in [5.41, 5.74) is 6.64. The van der Waals surface area contributed by atoms with Crippen LogP contribution < -0.4 is 19.9 Å². The van der Waals surface area contributed by atoms with Gasteiger partial charge in [0.1, 0.15) is 0 Å². The summed E-state index contributed by atoms with van der Waals surface area (Å²) in [7, 11) is -0.648. The Hall–Kier alpha value is -1.31. The van der Waals surface area contributed by atoms with Crippen LogP contribution in [0.1, 0.15) is 31.2 Å². The lowest BCUT2D eigenvalue weighted by Crippen LogP contribution is -2.49. The first-order chi connectivity index (χ1) is 10.4. The van der Waals surface area contributed by atoms with E-state index in [4.69, 9.17) is 15.2 Å². The summed E-state index contributed by atoms with van der Waals surface area (Å²) in [4.78, 5) is 0.197. The van der Waals surface area contributed by atoms with Gasteiger partial charge >= 0.3 is 0 Å². The van der Waals surface area contributed by atoms with E-state index in [0.717, 1.165) is 25.7 Å². The van der Waals surface area contributed by atoms with Crippen molar-refractivity contribution in [3.05, 3.63) is 17.7 Å². The van der Waals surface area contributed by atoms with Gasteiger partial charge in [-0.15, -0.1) is 0 Å². The molecule has 0 unspecified atom stereocenters. The standard InChI is InChI=1S/C15H24N2O4S/c1-10-8-13(20-2)14(21-3)9-15(10)22(18,19)17-12-7-5-4-6-11(12)16/h8-9,11-12,17H,4-7,16H2,1-3H3/t11-,12-/m1/s1. The number of nitrogens with two attached hydrogens (primary N) is 1. The van der Waals surface area contributed by atoms with Crippen molar-refractivity contribution >= 4 is 10.0 Å². The molecular weight excluding hydrogens is 304 g/mol. The molecule has 1 saturated carbocycles. The number of methoxy groups -OCH3 is 2. The zero-order valence-corrected chi connectivity index (χ0v) is 14.1. The first-order valence-electron chi connectivity index (χ1n) is 7.39. The molecule has 0 saturated heterocycles. The fraction of sp³-hybridized carbons (Fsp3) is 0.600. The molecule has 2 atom stereocenters. The van der Waals surface area contributed by atoms with Gasteiger partial charge in [0.25, 0.3) is 0 Å². The third-order valence-corrected chi connectivity index (χ3v) is 5.73. The molecule has 1 aliphatic carbocycles. The van der Waals surface area contributed by atoms with E-state index in [-0.39, 0.29) is 17.0 Å². The van der Waals surface area contributed by atoms with Crippen molar-refractivity contribution in [2.24, 2.45) is 5.73 Å². The summed E-state index contributed by atoms with van der Waals surface area (Å²) in [6.45, 7) is 1.73. The molecule has 1 aromatic rings. The number of hydrogen-bond acceptors (Lipinski definition) is 5. The van der Waals surface area contributed by atoms with E-state index < -0.39 is 10.0 Å². The SMILES string of the molecule is COc1cc(C)c(S(=O)(=O)N[C@@H]2CCCC[C@H]2N)cc1OC. The lowest BCUT2D eigenvalue weighted by atomic mass is 9.92. The average molecular weight is 328 g/mol. The third kappa shape index (κ3) is 3.53. The van der Waals surface area contributed by atoms with Crippen molar-refractivity contribution in [3.63, 3.8) is 0 Å². The van der Waals surface area contributed by atoms with Gasteiger partial charge in [-0.1, -0.05) is 12.8 Å². The van der Waals surface area contributed by atoms with E-state index >= 15 is 0 Å². The predicted molar refractivity (Wildman–Crippen MR) is 84.8 cm³/mol. The summed E-state index contributed by atoms with van der Waals surface area (Å²) in [5, 5.41) is 0. The summed E-state index contributed by atoms with van der Waals surface area (Å²) in [6, 6.07) is 2.80. The Balaban J connectivity index is 2.32. The zero-order valence-electron chi connectivity index (χ0n) is 13.3. The van der Waals surface area contributed by atoms with E-state index in [1.807, 2.05) is 0 Å². The van der Waals surface area contributed by atoms with Gasteiger partial charge in [0.05, 0.1) is 19.1 Å². The van der Waals surface area contributed by atoms with Crippen LogP contribution in [-0.4, -0.2) is 34.7 Å². The predicted octanol–water partition coefficient (Wildman–Crippen LogP) is 1.56. The highest BCUT2D eigenvalue weighted by molar-refractivity contribution is 7.89. The molecule has 1 aliphatic rings. The molecule has 0 aliphatic heterocycles. The quantitative estimate of drug-likeness (QED) is 0.856. The number of nitrogens with one attached hydrogen (secondary N) is 1. The van der Waals surface area contributed by atoms with Gasteiger partial charge in [0.2, 0.25) is 10.0 Å². The Morgan fingerprint density at radius 1 is 1.14 bits per heavy atom. The summed E-state index contributed by atoms with van der Waals surface area (Å²) in [5.74, 6) is 0.898. The van der Waals surface area contributed by atoms with Gasteiger partial charge in [0, 0.05) is 18.2 Å². The van der Waals surface area contributed by atoms with Gasteiger partial charge in [-0.3, -0.25) is 0 Å². The van der Waals surface area contributed by atoms with E-state index in [0.29, 0.717) is 17.1 Å². The largest absolute Gasteiger partial charge is 0.493 e. The van der Waals surface area contributed by atoms with E-state index in [1.54, 1.807) is 13.0 Å². The molecule has 0 aromatic heterocycles. The molecule has 1 fully saturated rings.